The number of aromatic nitrogens is 7. The van der Waals surface area contributed by atoms with Gasteiger partial charge in [-0.25, -0.2) is 4.98 Å². The van der Waals surface area contributed by atoms with E-state index in [1.807, 2.05) is 41.8 Å². The van der Waals surface area contributed by atoms with E-state index >= 15 is 0 Å². The van der Waals surface area contributed by atoms with Crippen molar-refractivity contribution in [2.75, 3.05) is 0 Å². The summed E-state index contributed by atoms with van der Waals surface area (Å²) in [5, 5.41) is 14.2. The van der Waals surface area contributed by atoms with E-state index in [1.54, 1.807) is 4.52 Å². The SMILES string of the molecule is Cc1cc(Sc2nnc3ccccn23)n2ncnc2n1. The summed E-state index contributed by atoms with van der Waals surface area (Å²) < 4.78 is 3.63. The second-order valence-corrected chi connectivity index (χ2v) is 5.21. The molecule has 0 aliphatic carbocycles. The third-order valence-corrected chi connectivity index (χ3v) is 3.79. The van der Waals surface area contributed by atoms with Gasteiger partial charge in [0.15, 0.2) is 5.65 Å². The molecule has 0 saturated carbocycles. The van der Waals surface area contributed by atoms with Crippen molar-refractivity contribution in [2.24, 2.45) is 0 Å². The van der Waals surface area contributed by atoms with Gasteiger partial charge in [-0.1, -0.05) is 6.07 Å². The Morgan fingerprint density at radius 2 is 2.15 bits per heavy atom. The Hall–Kier alpha value is -2.48. The molecule has 0 spiro atoms. The molecule has 0 unspecified atom stereocenters. The van der Waals surface area contributed by atoms with Crippen LogP contribution in [0.1, 0.15) is 5.69 Å². The van der Waals surface area contributed by atoms with Crippen molar-refractivity contribution in [3.05, 3.63) is 42.5 Å². The van der Waals surface area contributed by atoms with E-state index in [1.165, 1.54) is 18.1 Å². The van der Waals surface area contributed by atoms with Crippen LogP contribution >= 0.6 is 11.8 Å². The number of rotatable bonds is 2. The minimum absolute atomic E-state index is 0.585. The van der Waals surface area contributed by atoms with Gasteiger partial charge >= 0.3 is 0 Å². The fourth-order valence-corrected chi connectivity index (χ4v) is 2.92. The Kier molecular flexibility index (Phi) is 2.43. The first-order valence-electron chi connectivity index (χ1n) is 5.96. The van der Waals surface area contributed by atoms with Crippen LogP contribution < -0.4 is 0 Å². The predicted octanol–water partition coefficient (Wildman–Crippen LogP) is 1.63. The standard InChI is InChI=1S/C12H9N7S/c1-8-6-10(19-11(15-8)13-7-14-19)20-12-17-16-9-4-2-3-5-18(9)12/h2-7H,1H3. The Balaban J connectivity index is 1.86. The van der Waals surface area contributed by atoms with Crippen molar-refractivity contribution >= 4 is 23.2 Å². The molecule has 7 nitrogen and oxygen atoms in total. The van der Waals surface area contributed by atoms with Crippen LogP contribution in [0.15, 0.2) is 47.0 Å². The Morgan fingerprint density at radius 1 is 1.20 bits per heavy atom. The van der Waals surface area contributed by atoms with Crippen molar-refractivity contribution in [1.82, 2.24) is 34.2 Å². The number of hydrogen-bond acceptors (Lipinski definition) is 6. The van der Waals surface area contributed by atoms with E-state index < -0.39 is 0 Å². The monoisotopic (exact) mass is 283 g/mol. The molecule has 4 rings (SSSR count). The average Bonchev–Trinajstić information content (AvgIpc) is 3.06. The summed E-state index contributed by atoms with van der Waals surface area (Å²) >= 11 is 1.48. The van der Waals surface area contributed by atoms with Gasteiger partial charge < -0.3 is 0 Å². The zero-order valence-corrected chi connectivity index (χ0v) is 11.3. The second-order valence-electron chi connectivity index (χ2n) is 4.22. The Labute approximate surface area is 117 Å². The summed E-state index contributed by atoms with van der Waals surface area (Å²) in [6.45, 7) is 1.93. The van der Waals surface area contributed by atoms with Crippen LogP contribution in [0.5, 0.6) is 0 Å². The number of hydrogen-bond donors (Lipinski definition) is 0. The van der Waals surface area contributed by atoms with E-state index in [2.05, 4.69) is 25.3 Å². The quantitative estimate of drug-likeness (QED) is 0.521. The van der Waals surface area contributed by atoms with Gasteiger partial charge in [0.05, 0.1) is 0 Å². The van der Waals surface area contributed by atoms with E-state index in [-0.39, 0.29) is 0 Å². The molecule has 4 heterocycles. The summed E-state index contributed by atoms with van der Waals surface area (Å²) in [6.07, 6.45) is 3.43. The summed E-state index contributed by atoms with van der Waals surface area (Å²) in [5.41, 5.74) is 1.71. The largest absolute Gasteiger partial charge is 0.277 e. The number of aryl methyl sites for hydroxylation is 1. The lowest BCUT2D eigenvalue weighted by molar-refractivity contribution is 0.825. The topological polar surface area (TPSA) is 73.3 Å². The van der Waals surface area contributed by atoms with Gasteiger partial charge in [-0.3, -0.25) is 4.40 Å². The lowest BCUT2D eigenvalue weighted by atomic mass is 10.5. The van der Waals surface area contributed by atoms with Gasteiger partial charge in [0.25, 0.3) is 5.78 Å². The van der Waals surface area contributed by atoms with Gasteiger partial charge in [-0.05, 0) is 36.9 Å². The van der Waals surface area contributed by atoms with Crippen LogP contribution in [0.4, 0.5) is 0 Å². The van der Waals surface area contributed by atoms with Crippen LogP contribution in [-0.2, 0) is 0 Å². The van der Waals surface area contributed by atoms with Gasteiger partial charge in [-0.15, -0.1) is 10.2 Å². The van der Waals surface area contributed by atoms with E-state index in [0.29, 0.717) is 5.78 Å². The van der Waals surface area contributed by atoms with Crippen LogP contribution in [-0.4, -0.2) is 34.2 Å². The molecule has 0 radical (unpaired) electrons. The molecule has 0 aliphatic rings. The minimum atomic E-state index is 0.585. The predicted molar refractivity (Wildman–Crippen MR) is 72.6 cm³/mol. The Bertz CT molecular complexity index is 910. The molecule has 0 aromatic carbocycles. The summed E-state index contributed by atoms with van der Waals surface area (Å²) in [6, 6.07) is 7.75. The van der Waals surface area contributed by atoms with Crippen LogP contribution in [0.3, 0.4) is 0 Å². The van der Waals surface area contributed by atoms with E-state index in [4.69, 9.17) is 0 Å². The molecule has 0 aliphatic heterocycles. The third kappa shape index (κ3) is 1.73. The first-order chi connectivity index (χ1) is 9.81. The zero-order valence-electron chi connectivity index (χ0n) is 10.5. The molecule has 0 amide bonds. The maximum Gasteiger partial charge on any atom is 0.253 e. The molecular formula is C12H9N7S. The molecule has 4 aromatic rings. The highest BCUT2D eigenvalue weighted by Gasteiger charge is 2.11. The fourth-order valence-electron chi connectivity index (χ4n) is 1.95. The number of fused-ring (bicyclic) bond motifs is 2. The van der Waals surface area contributed by atoms with Crippen molar-refractivity contribution in [1.29, 1.82) is 0 Å². The van der Waals surface area contributed by atoms with E-state index in [0.717, 1.165) is 21.5 Å². The third-order valence-electron chi connectivity index (χ3n) is 2.83. The molecule has 0 fully saturated rings. The smallest absolute Gasteiger partial charge is 0.253 e. The van der Waals surface area contributed by atoms with Crippen molar-refractivity contribution in [2.45, 2.75) is 17.1 Å². The van der Waals surface area contributed by atoms with Crippen molar-refractivity contribution < 1.29 is 0 Å². The lowest BCUT2D eigenvalue weighted by Gasteiger charge is -2.03. The first kappa shape index (κ1) is 11.4. The Morgan fingerprint density at radius 3 is 3.10 bits per heavy atom. The molecule has 4 aromatic heterocycles. The van der Waals surface area contributed by atoms with Gasteiger partial charge in [0.2, 0.25) is 5.16 Å². The maximum absolute atomic E-state index is 4.32. The second kappa shape index (κ2) is 4.27. The van der Waals surface area contributed by atoms with Crippen molar-refractivity contribution in [3.8, 4) is 0 Å². The van der Waals surface area contributed by atoms with E-state index in [9.17, 15) is 0 Å². The number of pyridine rings is 1. The first-order valence-corrected chi connectivity index (χ1v) is 6.78. The van der Waals surface area contributed by atoms with Gasteiger partial charge in [-0.2, -0.15) is 14.6 Å². The minimum Gasteiger partial charge on any atom is -0.277 e. The molecule has 8 heteroatoms. The summed E-state index contributed by atoms with van der Waals surface area (Å²) in [5.74, 6) is 0.585. The lowest BCUT2D eigenvalue weighted by Crippen LogP contribution is -1.98. The van der Waals surface area contributed by atoms with Crippen LogP contribution in [0.25, 0.3) is 11.4 Å². The zero-order chi connectivity index (χ0) is 13.5. The van der Waals surface area contributed by atoms with Gasteiger partial charge in [0, 0.05) is 11.9 Å². The van der Waals surface area contributed by atoms with Gasteiger partial charge in [0.1, 0.15) is 11.4 Å². The highest BCUT2D eigenvalue weighted by molar-refractivity contribution is 7.99. The molecular weight excluding hydrogens is 274 g/mol. The average molecular weight is 283 g/mol. The van der Waals surface area contributed by atoms with Crippen molar-refractivity contribution in [3.63, 3.8) is 0 Å². The summed E-state index contributed by atoms with van der Waals surface area (Å²) in [4.78, 5) is 8.44. The van der Waals surface area contributed by atoms with Crippen LogP contribution in [0, 0.1) is 6.92 Å². The maximum atomic E-state index is 4.32. The molecule has 0 N–H and O–H groups in total. The molecule has 0 atom stereocenters. The number of nitrogens with zero attached hydrogens (tertiary/aromatic N) is 7. The highest BCUT2D eigenvalue weighted by atomic mass is 32.2. The molecule has 0 bridgehead atoms. The summed E-state index contributed by atoms with van der Waals surface area (Å²) in [7, 11) is 0. The van der Waals surface area contributed by atoms with Crippen LogP contribution in [0.2, 0.25) is 0 Å². The molecule has 20 heavy (non-hydrogen) atoms. The highest BCUT2D eigenvalue weighted by Crippen LogP contribution is 2.26. The normalized spacial score (nSPS) is 11.4. The fraction of sp³-hybridized carbons (Fsp3) is 0.0833. The molecule has 0 saturated heterocycles. The molecule has 98 valence electrons.